The van der Waals surface area contributed by atoms with Crippen LogP contribution in [0.4, 0.5) is 5.69 Å². The minimum Gasteiger partial charge on any atom is -0.497 e. The molecule has 23 heavy (non-hydrogen) atoms. The van der Waals surface area contributed by atoms with Gasteiger partial charge in [-0.3, -0.25) is 14.5 Å². The Morgan fingerprint density at radius 2 is 1.83 bits per heavy atom. The number of hydrogen-bond donors (Lipinski definition) is 0. The molecule has 0 unspecified atom stereocenters. The Morgan fingerprint density at radius 3 is 2.43 bits per heavy atom. The molecule has 0 aliphatic carbocycles. The number of benzene rings is 1. The molecule has 3 rings (SSSR count). The molecule has 0 radical (unpaired) electrons. The lowest BCUT2D eigenvalue weighted by Crippen LogP contribution is -2.51. The fourth-order valence-electron chi connectivity index (χ4n) is 3.29. The molecule has 1 aromatic carbocycles. The van der Waals surface area contributed by atoms with E-state index >= 15 is 0 Å². The first-order valence-corrected chi connectivity index (χ1v) is 7.95. The summed E-state index contributed by atoms with van der Waals surface area (Å²) in [4.78, 5) is 31.0. The van der Waals surface area contributed by atoms with E-state index in [-0.39, 0.29) is 24.3 Å². The smallest absolute Gasteiger partial charge is 0.251 e. The van der Waals surface area contributed by atoms with Crippen LogP contribution in [0.2, 0.25) is 0 Å². The van der Waals surface area contributed by atoms with Gasteiger partial charge in [-0.15, -0.1) is 0 Å². The Balaban J connectivity index is 1.81. The average Bonchev–Trinajstić information content (AvgIpc) is 2.83. The summed E-state index contributed by atoms with van der Waals surface area (Å²) in [6.07, 6.45) is 0.272. The second kappa shape index (κ2) is 6.29. The molecule has 1 aromatic rings. The quantitative estimate of drug-likeness (QED) is 0.775. The zero-order valence-corrected chi connectivity index (χ0v) is 13.9. The average molecular weight is 317 g/mol. The van der Waals surface area contributed by atoms with Crippen LogP contribution in [-0.2, 0) is 9.59 Å². The molecule has 2 amide bonds. The van der Waals surface area contributed by atoms with Crippen molar-refractivity contribution >= 4 is 17.5 Å². The highest BCUT2D eigenvalue weighted by Gasteiger charge is 2.43. The number of aryl methyl sites for hydroxylation is 1. The van der Waals surface area contributed by atoms with E-state index in [0.717, 1.165) is 37.5 Å². The maximum absolute atomic E-state index is 12.8. The van der Waals surface area contributed by atoms with E-state index in [1.165, 1.54) is 4.90 Å². The molecule has 0 spiro atoms. The molecule has 2 fully saturated rings. The van der Waals surface area contributed by atoms with E-state index in [0.29, 0.717) is 5.69 Å². The van der Waals surface area contributed by atoms with Gasteiger partial charge < -0.3 is 9.64 Å². The number of likely N-dealkylation sites (N-methyl/N-ethyl adjacent to an activating group) is 1. The highest BCUT2D eigenvalue weighted by Crippen LogP contribution is 2.30. The van der Waals surface area contributed by atoms with Gasteiger partial charge in [-0.05, 0) is 37.7 Å². The third-order valence-corrected chi connectivity index (χ3v) is 4.75. The van der Waals surface area contributed by atoms with Crippen LogP contribution in [0.5, 0.6) is 5.75 Å². The third kappa shape index (κ3) is 2.96. The van der Waals surface area contributed by atoms with Gasteiger partial charge in [0.05, 0.1) is 25.3 Å². The molecule has 6 nitrogen and oxygen atoms in total. The van der Waals surface area contributed by atoms with Crippen LogP contribution in [0.3, 0.4) is 0 Å². The summed E-state index contributed by atoms with van der Waals surface area (Å²) in [5.41, 5.74) is 1.53. The molecule has 124 valence electrons. The summed E-state index contributed by atoms with van der Waals surface area (Å²) < 4.78 is 5.19. The van der Waals surface area contributed by atoms with E-state index in [1.807, 2.05) is 13.0 Å². The highest BCUT2D eigenvalue weighted by molar-refractivity contribution is 6.22. The fraction of sp³-hybridized carbons (Fsp3) is 0.529. The Bertz CT molecular complexity index is 624. The number of nitrogens with zero attached hydrogens (tertiary/aromatic N) is 3. The van der Waals surface area contributed by atoms with E-state index in [4.69, 9.17) is 4.74 Å². The summed E-state index contributed by atoms with van der Waals surface area (Å²) in [5.74, 6) is 0.501. The Hall–Kier alpha value is -1.92. The molecule has 1 atom stereocenters. The van der Waals surface area contributed by atoms with Crippen molar-refractivity contribution in [3.8, 4) is 5.75 Å². The summed E-state index contributed by atoms with van der Waals surface area (Å²) in [5, 5.41) is 0. The lowest BCUT2D eigenvalue weighted by Gasteiger charge is -2.35. The fourth-order valence-corrected chi connectivity index (χ4v) is 3.29. The van der Waals surface area contributed by atoms with Gasteiger partial charge in [-0.1, -0.05) is 0 Å². The lowest BCUT2D eigenvalue weighted by molar-refractivity contribution is -0.123. The minimum absolute atomic E-state index is 0.104. The summed E-state index contributed by atoms with van der Waals surface area (Å²) in [7, 11) is 3.68. The van der Waals surface area contributed by atoms with Crippen LogP contribution in [0.15, 0.2) is 18.2 Å². The Labute approximate surface area is 136 Å². The number of methoxy groups -OCH3 is 1. The number of carbonyl (C=O) groups excluding carboxylic acids is 2. The van der Waals surface area contributed by atoms with E-state index in [1.54, 1.807) is 19.2 Å². The predicted molar refractivity (Wildman–Crippen MR) is 87.7 cm³/mol. The first-order valence-electron chi connectivity index (χ1n) is 7.95. The van der Waals surface area contributed by atoms with Gasteiger partial charge in [-0.25, -0.2) is 4.90 Å². The lowest BCUT2D eigenvalue weighted by atomic mass is 10.1. The number of piperazine rings is 1. The third-order valence-electron chi connectivity index (χ3n) is 4.75. The van der Waals surface area contributed by atoms with Gasteiger partial charge >= 0.3 is 0 Å². The first kappa shape index (κ1) is 16.0. The number of ether oxygens (including phenoxy) is 1. The van der Waals surface area contributed by atoms with Crippen molar-refractivity contribution in [2.45, 2.75) is 19.4 Å². The molecule has 0 bridgehead atoms. The van der Waals surface area contributed by atoms with Crippen LogP contribution >= 0.6 is 0 Å². The largest absolute Gasteiger partial charge is 0.497 e. The second-order valence-electron chi connectivity index (χ2n) is 6.28. The van der Waals surface area contributed by atoms with Crippen molar-refractivity contribution in [2.75, 3.05) is 45.2 Å². The number of amides is 2. The van der Waals surface area contributed by atoms with Crippen molar-refractivity contribution in [3.63, 3.8) is 0 Å². The highest BCUT2D eigenvalue weighted by atomic mass is 16.5. The monoisotopic (exact) mass is 317 g/mol. The molecule has 2 heterocycles. The van der Waals surface area contributed by atoms with Crippen molar-refractivity contribution < 1.29 is 14.3 Å². The van der Waals surface area contributed by atoms with E-state index < -0.39 is 0 Å². The number of rotatable bonds is 3. The predicted octanol–water partition coefficient (Wildman–Crippen LogP) is 0.883. The van der Waals surface area contributed by atoms with Gasteiger partial charge in [0.15, 0.2) is 0 Å². The molecule has 0 saturated carbocycles. The second-order valence-corrected chi connectivity index (χ2v) is 6.28. The molecular formula is C17H23N3O3. The van der Waals surface area contributed by atoms with Crippen molar-refractivity contribution in [3.05, 3.63) is 23.8 Å². The van der Waals surface area contributed by atoms with Gasteiger partial charge in [-0.2, -0.15) is 0 Å². The number of carbonyl (C=O) groups is 2. The first-order chi connectivity index (χ1) is 11.0. The molecule has 0 N–H and O–H groups in total. The van der Waals surface area contributed by atoms with Gasteiger partial charge in [0.1, 0.15) is 5.75 Å². The van der Waals surface area contributed by atoms with Gasteiger partial charge in [0, 0.05) is 26.2 Å². The molecule has 2 aliphatic rings. The van der Waals surface area contributed by atoms with Crippen LogP contribution in [0, 0.1) is 6.92 Å². The normalized spacial score (nSPS) is 23.6. The van der Waals surface area contributed by atoms with Crippen LogP contribution in [-0.4, -0.2) is 68.0 Å². The zero-order chi connectivity index (χ0) is 16.6. The van der Waals surface area contributed by atoms with Crippen molar-refractivity contribution in [2.24, 2.45) is 0 Å². The van der Waals surface area contributed by atoms with Crippen molar-refractivity contribution in [1.29, 1.82) is 0 Å². The molecule has 2 aliphatic heterocycles. The maximum Gasteiger partial charge on any atom is 0.251 e. The minimum atomic E-state index is -0.322. The summed E-state index contributed by atoms with van der Waals surface area (Å²) in [6.45, 7) is 5.41. The Morgan fingerprint density at radius 1 is 1.13 bits per heavy atom. The number of anilines is 1. The molecule has 2 saturated heterocycles. The van der Waals surface area contributed by atoms with Gasteiger partial charge in [0.25, 0.3) is 5.91 Å². The molecule has 0 aromatic heterocycles. The van der Waals surface area contributed by atoms with E-state index in [2.05, 4.69) is 16.8 Å². The summed E-state index contributed by atoms with van der Waals surface area (Å²) >= 11 is 0. The van der Waals surface area contributed by atoms with Gasteiger partial charge in [0.2, 0.25) is 5.91 Å². The van der Waals surface area contributed by atoms with Crippen LogP contribution < -0.4 is 9.64 Å². The number of hydrogen-bond acceptors (Lipinski definition) is 5. The van der Waals surface area contributed by atoms with E-state index in [9.17, 15) is 9.59 Å². The van der Waals surface area contributed by atoms with Crippen LogP contribution in [0.1, 0.15) is 12.0 Å². The van der Waals surface area contributed by atoms with Crippen molar-refractivity contribution in [1.82, 2.24) is 9.80 Å². The maximum atomic E-state index is 12.8. The summed E-state index contributed by atoms with van der Waals surface area (Å²) in [6, 6.07) is 5.10. The number of imide groups is 1. The standard InChI is InChI=1S/C17H23N3O3/c1-12-10-13(23-3)4-5-14(12)20-16(21)11-15(17(20)22)19-8-6-18(2)7-9-19/h4-5,10,15H,6-9,11H2,1-3H3/t15-/m1/s1. The SMILES string of the molecule is COc1ccc(N2C(=O)C[C@@H](N3CCN(C)CC3)C2=O)c(C)c1. The molecule has 6 heteroatoms. The Kier molecular flexibility index (Phi) is 4.37. The van der Waals surface area contributed by atoms with Crippen LogP contribution in [0.25, 0.3) is 0 Å². The molecular weight excluding hydrogens is 294 g/mol. The zero-order valence-electron chi connectivity index (χ0n) is 13.9. The topological polar surface area (TPSA) is 53.1 Å².